The van der Waals surface area contributed by atoms with Gasteiger partial charge in [0.2, 0.25) is 0 Å². The minimum atomic E-state index is -1.19. The Bertz CT molecular complexity index is 782. The van der Waals surface area contributed by atoms with E-state index in [0.29, 0.717) is 0 Å². The first-order valence-electron chi connectivity index (χ1n) is 6.66. The topological polar surface area (TPSA) is 57.5 Å². The van der Waals surface area contributed by atoms with Crippen molar-refractivity contribution in [1.82, 2.24) is 0 Å². The molecule has 21 heavy (non-hydrogen) atoms. The highest BCUT2D eigenvalue weighted by Gasteiger charge is 2.05. The molecule has 0 unspecified atom stereocenters. The fourth-order valence-corrected chi connectivity index (χ4v) is 2.67. The molecule has 0 heterocycles. The van der Waals surface area contributed by atoms with Crippen LogP contribution in [-0.2, 0) is 4.79 Å². The smallest absolute Gasteiger partial charge is 0.329 e. The molecule has 4 aromatic rings. The van der Waals surface area contributed by atoms with Gasteiger partial charge in [0.05, 0.1) is 0 Å². The second kappa shape index (κ2) is 5.38. The van der Waals surface area contributed by atoms with Gasteiger partial charge in [0.1, 0.15) is 6.61 Å². The van der Waals surface area contributed by atoms with Crippen LogP contribution in [0.5, 0.6) is 0 Å². The summed E-state index contributed by atoms with van der Waals surface area (Å²) < 4.78 is 0. The van der Waals surface area contributed by atoms with Gasteiger partial charge in [-0.1, -0.05) is 60.7 Å². The van der Waals surface area contributed by atoms with Gasteiger partial charge in [0.15, 0.2) is 0 Å². The number of aliphatic carboxylic acids is 1. The molecule has 0 fully saturated rings. The first-order chi connectivity index (χ1) is 10.2. The van der Waals surface area contributed by atoms with E-state index >= 15 is 0 Å². The Morgan fingerprint density at radius 2 is 1.00 bits per heavy atom. The molecule has 0 saturated heterocycles. The summed E-state index contributed by atoms with van der Waals surface area (Å²) in [6, 6.07) is 21.9. The number of aliphatic hydroxyl groups is 1. The summed E-state index contributed by atoms with van der Waals surface area (Å²) in [6.45, 7) is -0.778. The van der Waals surface area contributed by atoms with Gasteiger partial charge >= 0.3 is 5.97 Å². The number of benzene rings is 4. The average molecular weight is 278 g/mol. The minimum Gasteiger partial charge on any atom is -0.480 e. The lowest BCUT2D eigenvalue weighted by atomic mass is 9.95. The Labute approximate surface area is 121 Å². The molecule has 0 aliphatic rings. The monoisotopic (exact) mass is 278 g/mol. The highest BCUT2D eigenvalue weighted by Crippen LogP contribution is 2.33. The summed E-state index contributed by atoms with van der Waals surface area (Å²) in [5, 5.41) is 23.2. The third-order valence-corrected chi connectivity index (χ3v) is 3.53. The standard InChI is InChI=1S/C16H10.C2H4O3/c1-3-11-7-9-13-5-2-6-14-10-8-12(4-1)15(11)16(13)14;3-1-2(4)5/h1-10H;3H,1H2,(H,4,5). The molecule has 0 saturated carbocycles. The normalized spacial score (nSPS) is 10.7. The Balaban J connectivity index is 0.000000233. The van der Waals surface area contributed by atoms with E-state index in [0.717, 1.165) is 0 Å². The van der Waals surface area contributed by atoms with Crippen molar-refractivity contribution in [3.63, 3.8) is 0 Å². The van der Waals surface area contributed by atoms with Crippen LogP contribution in [0.1, 0.15) is 0 Å². The fraction of sp³-hybridized carbons (Fsp3) is 0.0556. The van der Waals surface area contributed by atoms with Crippen LogP contribution < -0.4 is 0 Å². The molecule has 0 atom stereocenters. The van der Waals surface area contributed by atoms with Crippen LogP contribution in [0.25, 0.3) is 32.3 Å². The molecule has 3 nitrogen and oxygen atoms in total. The van der Waals surface area contributed by atoms with E-state index in [9.17, 15) is 0 Å². The summed E-state index contributed by atoms with van der Waals surface area (Å²) in [6.07, 6.45) is 0. The van der Waals surface area contributed by atoms with E-state index in [1.54, 1.807) is 0 Å². The molecule has 0 spiro atoms. The predicted molar refractivity (Wildman–Crippen MR) is 84.9 cm³/mol. The van der Waals surface area contributed by atoms with Crippen LogP contribution in [0, 0.1) is 0 Å². The predicted octanol–water partition coefficient (Wildman–Crippen LogP) is 3.65. The maximum Gasteiger partial charge on any atom is 0.329 e. The Hall–Kier alpha value is -2.65. The highest BCUT2D eigenvalue weighted by atomic mass is 16.4. The lowest BCUT2D eigenvalue weighted by molar-refractivity contribution is -0.140. The minimum absolute atomic E-state index is 0.778. The Morgan fingerprint density at radius 1 is 0.714 bits per heavy atom. The van der Waals surface area contributed by atoms with E-state index in [1.807, 2.05) is 0 Å². The highest BCUT2D eigenvalue weighted by molar-refractivity contribution is 6.22. The van der Waals surface area contributed by atoms with Crippen molar-refractivity contribution < 1.29 is 15.0 Å². The second-order valence-electron chi connectivity index (χ2n) is 4.84. The largest absolute Gasteiger partial charge is 0.480 e. The van der Waals surface area contributed by atoms with E-state index in [4.69, 9.17) is 15.0 Å². The van der Waals surface area contributed by atoms with Crippen LogP contribution in [0.2, 0.25) is 0 Å². The lowest BCUT2D eigenvalue weighted by Gasteiger charge is -2.09. The van der Waals surface area contributed by atoms with E-state index in [-0.39, 0.29) is 0 Å². The fourth-order valence-electron chi connectivity index (χ4n) is 2.67. The van der Waals surface area contributed by atoms with Gasteiger partial charge in [-0.25, -0.2) is 4.79 Å². The van der Waals surface area contributed by atoms with Gasteiger partial charge < -0.3 is 10.2 Å². The molecule has 4 aromatic carbocycles. The molecule has 3 heteroatoms. The van der Waals surface area contributed by atoms with Crippen LogP contribution in [-0.4, -0.2) is 22.8 Å². The van der Waals surface area contributed by atoms with Crippen LogP contribution in [0.15, 0.2) is 60.7 Å². The van der Waals surface area contributed by atoms with Crippen molar-refractivity contribution in [3.8, 4) is 0 Å². The average Bonchev–Trinajstić information content (AvgIpc) is 2.53. The molecule has 104 valence electrons. The zero-order valence-corrected chi connectivity index (χ0v) is 11.3. The number of carbonyl (C=O) groups is 1. The van der Waals surface area contributed by atoms with E-state index in [1.165, 1.54) is 32.3 Å². The van der Waals surface area contributed by atoms with Crippen LogP contribution in [0.4, 0.5) is 0 Å². The van der Waals surface area contributed by atoms with Gasteiger partial charge in [-0.15, -0.1) is 0 Å². The molecular formula is C18H14O3. The molecule has 0 bridgehead atoms. The van der Waals surface area contributed by atoms with Gasteiger partial charge in [0.25, 0.3) is 0 Å². The van der Waals surface area contributed by atoms with Crippen LogP contribution >= 0.6 is 0 Å². The molecule has 0 radical (unpaired) electrons. The van der Waals surface area contributed by atoms with Crippen molar-refractivity contribution >= 4 is 38.3 Å². The molecule has 2 N–H and O–H groups in total. The summed E-state index contributed by atoms with van der Waals surface area (Å²) >= 11 is 0. The number of aliphatic hydroxyl groups excluding tert-OH is 1. The molecule has 0 amide bonds. The zero-order valence-electron chi connectivity index (χ0n) is 11.3. The maximum atomic E-state index is 9.12. The van der Waals surface area contributed by atoms with Crippen molar-refractivity contribution in [3.05, 3.63) is 60.7 Å². The number of carboxylic acids is 1. The summed E-state index contributed by atoms with van der Waals surface area (Å²) in [7, 11) is 0. The summed E-state index contributed by atoms with van der Waals surface area (Å²) in [5.41, 5.74) is 0. The molecule has 0 aliphatic heterocycles. The van der Waals surface area contributed by atoms with Crippen molar-refractivity contribution in [1.29, 1.82) is 0 Å². The Morgan fingerprint density at radius 3 is 1.24 bits per heavy atom. The third-order valence-electron chi connectivity index (χ3n) is 3.53. The Kier molecular flexibility index (Phi) is 3.42. The van der Waals surface area contributed by atoms with Crippen molar-refractivity contribution in [2.45, 2.75) is 0 Å². The van der Waals surface area contributed by atoms with E-state index in [2.05, 4.69) is 60.7 Å². The first-order valence-corrected chi connectivity index (χ1v) is 6.66. The maximum absolute atomic E-state index is 9.12. The number of rotatable bonds is 1. The summed E-state index contributed by atoms with van der Waals surface area (Å²) in [4.78, 5) is 9.12. The van der Waals surface area contributed by atoms with Crippen molar-refractivity contribution in [2.24, 2.45) is 0 Å². The van der Waals surface area contributed by atoms with Gasteiger partial charge in [-0.3, -0.25) is 0 Å². The summed E-state index contributed by atoms with van der Waals surface area (Å²) in [5.74, 6) is -1.19. The second-order valence-corrected chi connectivity index (χ2v) is 4.84. The van der Waals surface area contributed by atoms with Gasteiger partial charge in [-0.05, 0) is 32.3 Å². The lowest BCUT2D eigenvalue weighted by Crippen LogP contribution is -1.98. The number of carboxylic acid groups (broad SMARTS) is 1. The molecule has 0 aromatic heterocycles. The third kappa shape index (κ3) is 2.39. The quantitative estimate of drug-likeness (QED) is 0.522. The SMILES string of the molecule is O=C(O)CO.c1cc2ccc3cccc4ccc(c1)c2c34. The molecule has 0 aliphatic carbocycles. The molecular weight excluding hydrogens is 264 g/mol. The van der Waals surface area contributed by atoms with Gasteiger partial charge in [-0.2, -0.15) is 0 Å². The molecule has 4 rings (SSSR count). The van der Waals surface area contributed by atoms with Gasteiger partial charge in [0, 0.05) is 0 Å². The van der Waals surface area contributed by atoms with Crippen LogP contribution in [0.3, 0.4) is 0 Å². The van der Waals surface area contributed by atoms with Crippen molar-refractivity contribution in [2.75, 3.05) is 6.61 Å². The zero-order chi connectivity index (χ0) is 14.8. The first kappa shape index (κ1) is 13.3. The van der Waals surface area contributed by atoms with E-state index < -0.39 is 12.6 Å². The number of hydrogen-bond donors (Lipinski definition) is 2. The number of hydrogen-bond acceptors (Lipinski definition) is 2.